The van der Waals surface area contributed by atoms with Gasteiger partial charge in [0.2, 0.25) is 0 Å². The fourth-order valence-electron chi connectivity index (χ4n) is 1.59. The van der Waals surface area contributed by atoms with Crippen LogP contribution in [0.3, 0.4) is 0 Å². The molecule has 0 radical (unpaired) electrons. The molecule has 1 unspecified atom stereocenters. The van der Waals surface area contributed by atoms with Crippen LogP contribution >= 0.6 is 11.3 Å². The van der Waals surface area contributed by atoms with Gasteiger partial charge in [0, 0.05) is 5.69 Å². The number of rotatable bonds is 5. The Morgan fingerprint density at radius 1 is 1.24 bits per heavy atom. The number of ether oxygens (including phenoxy) is 1. The summed E-state index contributed by atoms with van der Waals surface area (Å²) < 4.78 is 5.25. The molecule has 0 spiro atoms. The second-order valence-electron chi connectivity index (χ2n) is 4.69. The van der Waals surface area contributed by atoms with Crippen molar-refractivity contribution < 1.29 is 14.3 Å². The normalized spacial score (nSPS) is 11.7. The minimum atomic E-state index is -0.243. The first kappa shape index (κ1) is 15.3. The van der Waals surface area contributed by atoms with E-state index in [0.29, 0.717) is 16.3 Å². The third-order valence-corrected chi connectivity index (χ3v) is 3.96. The summed E-state index contributed by atoms with van der Waals surface area (Å²) >= 11 is 1.39. The minimum Gasteiger partial charge on any atom is -0.426 e. The van der Waals surface area contributed by atoms with Gasteiger partial charge in [0.25, 0.3) is 5.91 Å². The van der Waals surface area contributed by atoms with Gasteiger partial charge in [-0.25, -0.2) is 0 Å². The molecule has 0 aliphatic rings. The molecule has 0 aliphatic heterocycles. The van der Waals surface area contributed by atoms with Crippen LogP contribution in [-0.2, 0) is 4.79 Å². The lowest BCUT2D eigenvalue weighted by atomic mass is 10.1. The highest BCUT2D eigenvalue weighted by atomic mass is 32.1. The lowest BCUT2D eigenvalue weighted by molar-refractivity contribution is -0.138. The topological polar surface area (TPSA) is 55.4 Å². The molecule has 0 saturated carbocycles. The number of thiophene rings is 1. The maximum Gasteiger partial charge on any atom is 0.314 e. The summed E-state index contributed by atoms with van der Waals surface area (Å²) in [4.78, 5) is 24.2. The van der Waals surface area contributed by atoms with Gasteiger partial charge in [-0.3, -0.25) is 9.59 Å². The smallest absolute Gasteiger partial charge is 0.314 e. The monoisotopic (exact) mass is 303 g/mol. The van der Waals surface area contributed by atoms with Crippen molar-refractivity contribution in [2.24, 2.45) is 5.92 Å². The number of amides is 1. The number of esters is 1. The molecule has 1 amide bonds. The standard InChI is InChI=1S/C16H17NO3S/c1-3-11(2)16(19)20-13-8-6-12(7-9-13)17-15(18)14-5-4-10-21-14/h4-11H,3H2,1-2H3,(H,17,18). The van der Waals surface area contributed by atoms with Gasteiger partial charge < -0.3 is 10.1 Å². The van der Waals surface area contributed by atoms with Gasteiger partial charge in [-0.05, 0) is 42.1 Å². The Morgan fingerprint density at radius 2 is 1.95 bits per heavy atom. The Kier molecular flexibility index (Phi) is 5.11. The van der Waals surface area contributed by atoms with Crippen molar-refractivity contribution in [3.8, 4) is 5.75 Å². The number of hydrogen-bond acceptors (Lipinski definition) is 4. The Balaban J connectivity index is 1.96. The fourth-order valence-corrected chi connectivity index (χ4v) is 2.21. The molecule has 1 atom stereocenters. The Morgan fingerprint density at radius 3 is 2.52 bits per heavy atom. The highest BCUT2D eigenvalue weighted by Gasteiger charge is 2.13. The number of nitrogens with one attached hydrogen (secondary N) is 1. The van der Waals surface area contributed by atoms with Crippen LogP contribution in [0.4, 0.5) is 5.69 Å². The first-order valence-electron chi connectivity index (χ1n) is 6.76. The lowest BCUT2D eigenvalue weighted by Crippen LogP contribution is -2.17. The maximum atomic E-state index is 11.9. The summed E-state index contributed by atoms with van der Waals surface area (Å²) in [6.45, 7) is 3.77. The summed E-state index contributed by atoms with van der Waals surface area (Å²) in [7, 11) is 0. The van der Waals surface area contributed by atoms with Gasteiger partial charge in [0.05, 0.1) is 10.8 Å². The average Bonchev–Trinajstić information content (AvgIpc) is 3.02. The van der Waals surface area contributed by atoms with Crippen molar-refractivity contribution in [2.45, 2.75) is 20.3 Å². The third kappa shape index (κ3) is 4.16. The highest BCUT2D eigenvalue weighted by Crippen LogP contribution is 2.19. The summed E-state index contributed by atoms with van der Waals surface area (Å²) in [5.41, 5.74) is 0.664. The number of carbonyl (C=O) groups is 2. The molecule has 1 aromatic heterocycles. The summed E-state index contributed by atoms with van der Waals surface area (Å²) in [5.74, 6) is -0.0279. The van der Waals surface area contributed by atoms with E-state index in [9.17, 15) is 9.59 Å². The largest absolute Gasteiger partial charge is 0.426 e. The van der Waals surface area contributed by atoms with Crippen LogP contribution in [-0.4, -0.2) is 11.9 Å². The van der Waals surface area contributed by atoms with E-state index >= 15 is 0 Å². The quantitative estimate of drug-likeness (QED) is 0.672. The van der Waals surface area contributed by atoms with E-state index in [2.05, 4.69) is 5.32 Å². The molecular weight excluding hydrogens is 286 g/mol. The zero-order chi connectivity index (χ0) is 15.2. The number of hydrogen-bond donors (Lipinski definition) is 1. The summed E-state index contributed by atoms with van der Waals surface area (Å²) in [6.07, 6.45) is 0.744. The molecule has 0 fully saturated rings. The van der Waals surface area contributed by atoms with Crippen LogP contribution in [0.15, 0.2) is 41.8 Å². The molecule has 5 heteroatoms. The zero-order valence-electron chi connectivity index (χ0n) is 12.0. The minimum absolute atomic E-state index is 0.122. The van der Waals surface area contributed by atoms with E-state index in [-0.39, 0.29) is 17.8 Å². The van der Waals surface area contributed by atoms with Crippen molar-refractivity contribution in [3.05, 3.63) is 46.7 Å². The third-order valence-electron chi connectivity index (χ3n) is 3.09. The van der Waals surface area contributed by atoms with Crippen molar-refractivity contribution >= 4 is 28.9 Å². The number of anilines is 1. The van der Waals surface area contributed by atoms with Gasteiger partial charge in [-0.15, -0.1) is 11.3 Å². The molecule has 2 rings (SSSR count). The predicted molar refractivity (Wildman–Crippen MR) is 83.8 cm³/mol. The molecule has 1 N–H and O–H groups in total. The van der Waals surface area contributed by atoms with Crippen LogP contribution < -0.4 is 10.1 Å². The van der Waals surface area contributed by atoms with Crippen LogP contribution in [0.25, 0.3) is 0 Å². The van der Waals surface area contributed by atoms with Gasteiger partial charge in [0.1, 0.15) is 5.75 Å². The van der Waals surface area contributed by atoms with E-state index in [0.717, 1.165) is 6.42 Å². The SMILES string of the molecule is CCC(C)C(=O)Oc1ccc(NC(=O)c2cccs2)cc1. The van der Waals surface area contributed by atoms with E-state index in [1.165, 1.54) is 11.3 Å². The first-order chi connectivity index (χ1) is 10.1. The van der Waals surface area contributed by atoms with E-state index in [4.69, 9.17) is 4.74 Å². The van der Waals surface area contributed by atoms with E-state index in [1.807, 2.05) is 25.3 Å². The molecule has 1 aromatic carbocycles. The van der Waals surface area contributed by atoms with E-state index in [1.54, 1.807) is 30.3 Å². The van der Waals surface area contributed by atoms with Gasteiger partial charge >= 0.3 is 5.97 Å². The van der Waals surface area contributed by atoms with Gasteiger partial charge in [-0.1, -0.05) is 19.9 Å². The second-order valence-corrected chi connectivity index (χ2v) is 5.63. The van der Waals surface area contributed by atoms with Crippen molar-refractivity contribution in [1.82, 2.24) is 0 Å². The second kappa shape index (κ2) is 7.04. The first-order valence-corrected chi connectivity index (χ1v) is 7.64. The lowest BCUT2D eigenvalue weighted by Gasteiger charge is -2.09. The van der Waals surface area contributed by atoms with Crippen LogP contribution in [0.2, 0.25) is 0 Å². The molecule has 21 heavy (non-hydrogen) atoms. The van der Waals surface area contributed by atoms with Crippen molar-refractivity contribution in [2.75, 3.05) is 5.32 Å². The van der Waals surface area contributed by atoms with Gasteiger partial charge in [-0.2, -0.15) is 0 Å². The molecule has 0 bridgehead atoms. The molecule has 2 aromatic rings. The summed E-state index contributed by atoms with van der Waals surface area (Å²) in [6, 6.07) is 10.4. The van der Waals surface area contributed by atoms with Crippen LogP contribution in [0.5, 0.6) is 5.75 Å². The van der Waals surface area contributed by atoms with Crippen molar-refractivity contribution in [1.29, 1.82) is 0 Å². The zero-order valence-corrected chi connectivity index (χ0v) is 12.8. The molecule has 110 valence electrons. The molecule has 0 aliphatic carbocycles. The average molecular weight is 303 g/mol. The van der Waals surface area contributed by atoms with E-state index < -0.39 is 0 Å². The predicted octanol–water partition coefficient (Wildman–Crippen LogP) is 3.95. The van der Waals surface area contributed by atoms with Crippen LogP contribution in [0, 0.1) is 5.92 Å². The Bertz CT molecular complexity index is 605. The van der Waals surface area contributed by atoms with Crippen molar-refractivity contribution in [3.63, 3.8) is 0 Å². The van der Waals surface area contributed by atoms with Gasteiger partial charge in [0.15, 0.2) is 0 Å². The fraction of sp³-hybridized carbons (Fsp3) is 0.250. The molecule has 0 saturated heterocycles. The number of benzene rings is 1. The highest BCUT2D eigenvalue weighted by molar-refractivity contribution is 7.12. The molecule has 4 nitrogen and oxygen atoms in total. The Labute approximate surface area is 127 Å². The maximum absolute atomic E-state index is 11.9. The Hall–Kier alpha value is -2.14. The number of carbonyl (C=O) groups excluding carboxylic acids is 2. The molecular formula is C16H17NO3S. The molecule has 1 heterocycles. The summed E-state index contributed by atoms with van der Waals surface area (Å²) in [5, 5.41) is 4.64. The van der Waals surface area contributed by atoms with Crippen LogP contribution in [0.1, 0.15) is 29.9 Å².